The van der Waals surface area contributed by atoms with Crippen molar-refractivity contribution in [3.63, 3.8) is 0 Å². The SMILES string of the molecule is CCCC(=O)OCCCCCCC=O. The first-order chi connectivity index (χ1) is 6.81. The van der Waals surface area contributed by atoms with E-state index < -0.39 is 0 Å². The van der Waals surface area contributed by atoms with Gasteiger partial charge in [-0.3, -0.25) is 4.79 Å². The monoisotopic (exact) mass is 200 g/mol. The molecule has 0 aromatic rings. The van der Waals surface area contributed by atoms with Gasteiger partial charge in [-0.05, 0) is 19.3 Å². The van der Waals surface area contributed by atoms with Gasteiger partial charge in [0, 0.05) is 12.8 Å². The van der Waals surface area contributed by atoms with Gasteiger partial charge < -0.3 is 9.53 Å². The van der Waals surface area contributed by atoms with Crippen molar-refractivity contribution in [2.45, 2.75) is 51.9 Å². The van der Waals surface area contributed by atoms with Gasteiger partial charge >= 0.3 is 5.97 Å². The lowest BCUT2D eigenvalue weighted by atomic mass is 10.2. The van der Waals surface area contributed by atoms with E-state index in [1.54, 1.807) is 0 Å². The van der Waals surface area contributed by atoms with Gasteiger partial charge in [0.25, 0.3) is 0 Å². The zero-order chi connectivity index (χ0) is 10.6. The molecular formula is C11H20O3. The maximum absolute atomic E-state index is 10.9. The molecule has 0 heterocycles. The Morgan fingerprint density at radius 1 is 1.21 bits per heavy atom. The molecular weight excluding hydrogens is 180 g/mol. The number of carbonyl (C=O) groups is 2. The van der Waals surface area contributed by atoms with Crippen LogP contribution in [0.15, 0.2) is 0 Å². The molecule has 0 aromatic heterocycles. The number of rotatable bonds is 9. The highest BCUT2D eigenvalue weighted by atomic mass is 16.5. The fourth-order valence-electron chi connectivity index (χ4n) is 1.15. The molecule has 0 aromatic carbocycles. The number of hydrogen-bond acceptors (Lipinski definition) is 3. The van der Waals surface area contributed by atoms with Crippen molar-refractivity contribution in [2.24, 2.45) is 0 Å². The van der Waals surface area contributed by atoms with Crippen LogP contribution in [0.4, 0.5) is 0 Å². The normalized spacial score (nSPS) is 9.79. The van der Waals surface area contributed by atoms with Crippen molar-refractivity contribution in [1.29, 1.82) is 0 Å². The van der Waals surface area contributed by atoms with Crippen molar-refractivity contribution in [3.05, 3.63) is 0 Å². The molecule has 0 spiro atoms. The van der Waals surface area contributed by atoms with Crippen LogP contribution < -0.4 is 0 Å². The third kappa shape index (κ3) is 9.23. The highest BCUT2D eigenvalue weighted by Crippen LogP contribution is 2.02. The highest BCUT2D eigenvalue weighted by Gasteiger charge is 1.99. The van der Waals surface area contributed by atoms with Crippen LogP contribution in [0.1, 0.15) is 51.9 Å². The van der Waals surface area contributed by atoms with E-state index in [1.165, 1.54) is 0 Å². The zero-order valence-corrected chi connectivity index (χ0v) is 8.96. The first kappa shape index (κ1) is 13.1. The topological polar surface area (TPSA) is 43.4 Å². The van der Waals surface area contributed by atoms with Gasteiger partial charge in [-0.15, -0.1) is 0 Å². The van der Waals surface area contributed by atoms with Crippen molar-refractivity contribution in [2.75, 3.05) is 6.61 Å². The summed E-state index contributed by atoms with van der Waals surface area (Å²) in [4.78, 5) is 20.9. The van der Waals surface area contributed by atoms with Crippen LogP contribution in [0.3, 0.4) is 0 Å². The molecule has 0 saturated heterocycles. The molecule has 0 aliphatic carbocycles. The van der Waals surface area contributed by atoms with Crippen molar-refractivity contribution in [1.82, 2.24) is 0 Å². The summed E-state index contributed by atoms with van der Waals surface area (Å²) in [7, 11) is 0. The lowest BCUT2D eigenvalue weighted by molar-refractivity contribution is -0.143. The highest BCUT2D eigenvalue weighted by molar-refractivity contribution is 5.69. The predicted octanol–water partition coefficient (Wildman–Crippen LogP) is 2.48. The van der Waals surface area contributed by atoms with Gasteiger partial charge in [-0.25, -0.2) is 0 Å². The second-order valence-corrected chi connectivity index (χ2v) is 3.34. The van der Waals surface area contributed by atoms with Gasteiger partial charge in [-0.1, -0.05) is 19.8 Å². The van der Waals surface area contributed by atoms with Crippen molar-refractivity contribution in [3.8, 4) is 0 Å². The van der Waals surface area contributed by atoms with Crippen LogP contribution in [0.5, 0.6) is 0 Å². The molecule has 0 amide bonds. The Labute approximate surface area is 85.8 Å². The average molecular weight is 200 g/mol. The van der Waals surface area contributed by atoms with E-state index in [9.17, 15) is 9.59 Å². The second-order valence-electron chi connectivity index (χ2n) is 3.34. The summed E-state index contributed by atoms with van der Waals surface area (Å²) in [5.41, 5.74) is 0. The first-order valence-electron chi connectivity index (χ1n) is 5.40. The van der Waals surface area contributed by atoms with Crippen molar-refractivity contribution < 1.29 is 14.3 Å². The molecule has 14 heavy (non-hydrogen) atoms. The van der Waals surface area contributed by atoms with E-state index in [0.29, 0.717) is 19.4 Å². The second kappa shape index (κ2) is 10.2. The fourth-order valence-corrected chi connectivity index (χ4v) is 1.15. The van der Waals surface area contributed by atoms with Crippen molar-refractivity contribution >= 4 is 12.3 Å². The third-order valence-electron chi connectivity index (χ3n) is 1.93. The van der Waals surface area contributed by atoms with E-state index in [-0.39, 0.29) is 5.97 Å². The van der Waals surface area contributed by atoms with Crippen LogP contribution in [-0.4, -0.2) is 18.9 Å². The molecule has 0 rings (SSSR count). The molecule has 0 saturated carbocycles. The Balaban J connectivity index is 3.05. The Hall–Kier alpha value is -0.860. The Bertz CT molecular complexity index is 155. The molecule has 0 atom stereocenters. The standard InChI is InChI=1S/C11H20O3/c1-2-8-11(13)14-10-7-5-3-4-6-9-12/h9H,2-8,10H2,1H3. The van der Waals surface area contributed by atoms with E-state index in [0.717, 1.165) is 38.4 Å². The summed E-state index contributed by atoms with van der Waals surface area (Å²) in [5, 5.41) is 0. The lowest BCUT2D eigenvalue weighted by Crippen LogP contribution is -2.04. The Morgan fingerprint density at radius 3 is 2.57 bits per heavy atom. The minimum absolute atomic E-state index is 0.0969. The molecule has 82 valence electrons. The van der Waals surface area contributed by atoms with Gasteiger partial charge in [0.05, 0.1) is 6.61 Å². The average Bonchev–Trinajstić information content (AvgIpc) is 2.17. The molecule has 0 unspecified atom stereocenters. The van der Waals surface area contributed by atoms with E-state index in [1.807, 2.05) is 6.92 Å². The van der Waals surface area contributed by atoms with Crippen LogP contribution >= 0.6 is 0 Å². The maximum Gasteiger partial charge on any atom is 0.305 e. The Morgan fingerprint density at radius 2 is 1.93 bits per heavy atom. The molecule has 0 aliphatic heterocycles. The van der Waals surface area contributed by atoms with Gasteiger partial charge in [-0.2, -0.15) is 0 Å². The van der Waals surface area contributed by atoms with E-state index >= 15 is 0 Å². The first-order valence-corrected chi connectivity index (χ1v) is 5.40. The Kier molecular flexibility index (Phi) is 9.59. The van der Waals surface area contributed by atoms with E-state index in [4.69, 9.17) is 4.74 Å². The van der Waals surface area contributed by atoms with Gasteiger partial charge in [0.15, 0.2) is 0 Å². The number of carbonyl (C=O) groups excluding carboxylic acids is 2. The predicted molar refractivity (Wildman–Crippen MR) is 55.0 cm³/mol. The number of hydrogen-bond donors (Lipinski definition) is 0. The maximum atomic E-state index is 10.9. The van der Waals surface area contributed by atoms with Crippen LogP contribution in [0, 0.1) is 0 Å². The molecule has 0 N–H and O–H groups in total. The quantitative estimate of drug-likeness (QED) is 0.326. The van der Waals surface area contributed by atoms with Crippen LogP contribution in [-0.2, 0) is 14.3 Å². The molecule has 3 heteroatoms. The summed E-state index contributed by atoms with van der Waals surface area (Å²) in [6.07, 6.45) is 6.90. The zero-order valence-electron chi connectivity index (χ0n) is 8.96. The molecule has 0 aliphatic rings. The number of esters is 1. The van der Waals surface area contributed by atoms with Gasteiger partial charge in [0.2, 0.25) is 0 Å². The largest absolute Gasteiger partial charge is 0.466 e. The molecule has 0 radical (unpaired) electrons. The van der Waals surface area contributed by atoms with E-state index in [2.05, 4.69) is 0 Å². The molecule has 0 fully saturated rings. The van der Waals surface area contributed by atoms with Crippen LogP contribution in [0.25, 0.3) is 0 Å². The van der Waals surface area contributed by atoms with Crippen LogP contribution in [0.2, 0.25) is 0 Å². The third-order valence-corrected chi connectivity index (χ3v) is 1.93. The summed E-state index contributed by atoms with van der Waals surface area (Å²) < 4.78 is 4.98. The summed E-state index contributed by atoms with van der Waals surface area (Å²) in [6, 6.07) is 0. The summed E-state index contributed by atoms with van der Waals surface area (Å²) in [6.45, 7) is 2.49. The molecule has 0 bridgehead atoms. The fraction of sp³-hybridized carbons (Fsp3) is 0.818. The molecule has 3 nitrogen and oxygen atoms in total. The number of aldehydes is 1. The number of unbranched alkanes of at least 4 members (excludes halogenated alkanes) is 4. The number of ether oxygens (including phenoxy) is 1. The summed E-state index contributed by atoms with van der Waals surface area (Å²) >= 11 is 0. The minimum Gasteiger partial charge on any atom is -0.466 e. The summed E-state index contributed by atoms with van der Waals surface area (Å²) in [5.74, 6) is -0.0969. The smallest absolute Gasteiger partial charge is 0.305 e. The lowest BCUT2D eigenvalue weighted by Gasteiger charge is -2.02. The van der Waals surface area contributed by atoms with Gasteiger partial charge in [0.1, 0.15) is 6.29 Å². The minimum atomic E-state index is -0.0969.